The van der Waals surface area contributed by atoms with Crippen molar-refractivity contribution in [2.75, 3.05) is 0 Å². The van der Waals surface area contributed by atoms with Gasteiger partial charge in [0.1, 0.15) is 0 Å². The number of hydrogen-bond acceptors (Lipinski definition) is 2. The number of nitrogens with zero attached hydrogens (tertiary/aromatic N) is 1. The molecule has 1 aromatic rings. The second-order valence-corrected chi connectivity index (χ2v) is 3.56. The van der Waals surface area contributed by atoms with Crippen molar-refractivity contribution in [3.63, 3.8) is 0 Å². The lowest BCUT2D eigenvalue weighted by Crippen LogP contribution is -2.13. The fraction of sp³-hybridized carbons (Fsp3) is 0.364. The summed E-state index contributed by atoms with van der Waals surface area (Å²) in [5.41, 5.74) is 7.76. The zero-order valence-corrected chi connectivity index (χ0v) is 7.40. The highest BCUT2D eigenvalue weighted by Crippen LogP contribution is 2.40. The van der Waals surface area contributed by atoms with Crippen LogP contribution in [0.5, 0.6) is 0 Å². The van der Waals surface area contributed by atoms with Crippen molar-refractivity contribution in [3.8, 4) is 6.07 Å². The largest absolute Gasteiger partial charge is 0.324 e. The van der Waals surface area contributed by atoms with E-state index in [4.69, 9.17) is 11.0 Å². The molecule has 0 radical (unpaired) electrons. The van der Waals surface area contributed by atoms with Gasteiger partial charge in [0.05, 0.1) is 11.6 Å². The van der Waals surface area contributed by atoms with Crippen LogP contribution in [0, 0.1) is 17.2 Å². The third-order valence-corrected chi connectivity index (χ3v) is 2.57. The minimum absolute atomic E-state index is 0.0656. The van der Waals surface area contributed by atoms with Gasteiger partial charge in [-0.15, -0.1) is 0 Å². The summed E-state index contributed by atoms with van der Waals surface area (Å²) >= 11 is 0. The molecule has 1 saturated carbocycles. The van der Waals surface area contributed by atoms with Gasteiger partial charge >= 0.3 is 0 Å². The zero-order valence-electron chi connectivity index (χ0n) is 7.40. The number of benzene rings is 1. The first-order chi connectivity index (χ1) is 6.33. The van der Waals surface area contributed by atoms with Gasteiger partial charge in [0.2, 0.25) is 0 Å². The molecule has 1 aliphatic carbocycles. The smallest absolute Gasteiger partial charge is 0.0995 e. The van der Waals surface area contributed by atoms with E-state index in [9.17, 15) is 0 Å². The van der Waals surface area contributed by atoms with E-state index in [-0.39, 0.29) is 6.04 Å². The van der Waals surface area contributed by atoms with Gasteiger partial charge in [0.15, 0.2) is 0 Å². The first kappa shape index (κ1) is 8.28. The van der Waals surface area contributed by atoms with E-state index in [0.717, 1.165) is 11.1 Å². The maximum atomic E-state index is 8.86. The molecule has 1 atom stereocenters. The van der Waals surface area contributed by atoms with Crippen LogP contribution < -0.4 is 5.73 Å². The molecule has 0 unspecified atom stereocenters. The van der Waals surface area contributed by atoms with E-state index >= 15 is 0 Å². The maximum Gasteiger partial charge on any atom is 0.0995 e. The number of nitriles is 1. The Kier molecular flexibility index (Phi) is 2.03. The molecule has 66 valence electrons. The van der Waals surface area contributed by atoms with Gasteiger partial charge in [-0.25, -0.2) is 0 Å². The van der Waals surface area contributed by atoms with Crippen molar-refractivity contribution in [1.29, 1.82) is 5.26 Å². The SMILES string of the molecule is N#Cc1ccccc1[C@H](N)C1CC1. The summed E-state index contributed by atoms with van der Waals surface area (Å²) in [4.78, 5) is 0. The first-order valence-electron chi connectivity index (χ1n) is 4.57. The second-order valence-electron chi connectivity index (χ2n) is 3.56. The minimum atomic E-state index is 0.0656. The van der Waals surface area contributed by atoms with Crippen LogP contribution in [0.2, 0.25) is 0 Å². The third-order valence-electron chi connectivity index (χ3n) is 2.57. The van der Waals surface area contributed by atoms with E-state index in [2.05, 4.69) is 6.07 Å². The molecule has 13 heavy (non-hydrogen) atoms. The number of rotatable bonds is 2. The lowest BCUT2D eigenvalue weighted by Gasteiger charge is -2.11. The molecule has 2 rings (SSSR count). The molecule has 1 fully saturated rings. The van der Waals surface area contributed by atoms with E-state index < -0.39 is 0 Å². The van der Waals surface area contributed by atoms with Crippen molar-refractivity contribution >= 4 is 0 Å². The van der Waals surface area contributed by atoms with Crippen LogP contribution in [-0.4, -0.2) is 0 Å². The normalized spacial score (nSPS) is 17.8. The van der Waals surface area contributed by atoms with Crippen molar-refractivity contribution in [1.82, 2.24) is 0 Å². The highest BCUT2D eigenvalue weighted by Gasteiger charge is 2.30. The molecule has 0 heterocycles. The summed E-state index contributed by atoms with van der Waals surface area (Å²) in [5, 5.41) is 8.86. The quantitative estimate of drug-likeness (QED) is 0.741. The van der Waals surface area contributed by atoms with Gasteiger partial charge < -0.3 is 5.73 Å². The van der Waals surface area contributed by atoms with Crippen LogP contribution in [0.25, 0.3) is 0 Å². The number of hydrogen-bond donors (Lipinski definition) is 1. The molecule has 1 aliphatic rings. The van der Waals surface area contributed by atoms with Gasteiger partial charge in [-0.05, 0) is 30.4 Å². The second kappa shape index (κ2) is 3.20. The van der Waals surface area contributed by atoms with Crippen molar-refractivity contribution in [2.24, 2.45) is 11.7 Å². The molecule has 0 spiro atoms. The monoisotopic (exact) mass is 172 g/mol. The predicted molar refractivity (Wildman–Crippen MR) is 50.8 cm³/mol. The summed E-state index contributed by atoms with van der Waals surface area (Å²) in [6.45, 7) is 0. The highest BCUT2D eigenvalue weighted by atomic mass is 14.7. The predicted octanol–water partition coefficient (Wildman–Crippen LogP) is 1.97. The molecule has 0 bridgehead atoms. The van der Waals surface area contributed by atoms with Crippen LogP contribution in [-0.2, 0) is 0 Å². The van der Waals surface area contributed by atoms with Crippen LogP contribution in [0.3, 0.4) is 0 Å². The summed E-state index contributed by atoms with van der Waals surface area (Å²) < 4.78 is 0. The standard InChI is InChI=1S/C11H12N2/c12-7-9-3-1-2-4-10(9)11(13)8-5-6-8/h1-4,8,11H,5-6,13H2/t11-/m1/s1. The van der Waals surface area contributed by atoms with Crippen LogP contribution >= 0.6 is 0 Å². The van der Waals surface area contributed by atoms with Gasteiger partial charge in [0, 0.05) is 6.04 Å². The summed E-state index contributed by atoms with van der Waals surface area (Å²) in [6.07, 6.45) is 2.42. The average molecular weight is 172 g/mol. The van der Waals surface area contributed by atoms with Crippen LogP contribution in [0.15, 0.2) is 24.3 Å². The van der Waals surface area contributed by atoms with Gasteiger partial charge in [-0.2, -0.15) is 5.26 Å². The van der Waals surface area contributed by atoms with Crippen molar-refractivity contribution in [2.45, 2.75) is 18.9 Å². The molecule has 2 heteroatoms. The van der Waals surface area contributed by atoms with E-state index in [1.54, 1.807) is 0 Å². The summed E-state index contributed by atoms with van der Waals surface area (Å²) in [6, 6.07) is 9.86. The molecule has 0 aliphatic heterocycles. The van der Waals surface area contributed by atoms with Crippen molar-refractivity contribution in [3.05, 3.63) is 35.4 Å². The van der Waals surface area contributed by atoms with Gasteiger partial charge in [-0.1, -0.05) is 18.2 Å². The molecule has 2 nitrogen and oxygen atoms in total. The van der Waals surface area contributed by atoms with E-state index in [1.807, 2.05) is 24.3 Å². The molecule has 0 saturated heterocycles. The average Bonchev–Trinajstić information content (AvgIpc) is 3.00. The Bertz CT molecular complexity index is 347. The highest BCUT2D eigenvalue weighted by molar-refractivity contribution is 5.39. The Morgan fingerprint density at radius 2 is 2.08 bits per heavy atom. The lowest BCUT2D eigenvalue weighted by molar-refractivity contribution is 0.632. The van der Waals surface area contributed by atoms with Gasteiger partial charge in [0.25, 0.3) is 0 Å². The molecular weight excluding hydrogens is 160 g/mol. The van der Waals surface area contributed by atoms with E-state index in [0.29, 0.717) is 5.92 Å². The topological polar surface area (TPSA) is 49.8 Å². The zero-order chi connectivity index (χ0) is 9.26. The number of nitrogens with two attached hydrogens (primary N) is 1. The third kappa shape index (κ3) is 1.56. The Morgan fingerprint density at radius 3 is 2.69 bits per heavy atom. The molecule has 0 aromatic heterocycles. The van der Waals surface area contributed by atoms with E-state index in [1.165, 1.54) is 12.8 Å². The van der Waals surface area contributed by atoms with Crippen LogP contribution in [0.4, 0.5) is 0 Å². The maximum absolute atomic E-state index is 8.86. The Labute approximate surface area is 78.0 Å². The molecular formula is C11H12N2. The first-order valence-corrected chi connectivity index (χ1v) is 4.57. The lowest BCUT2D eigenvalue weighted by atomic mass is 9.98. The Hall–Kier alpha value is -1.33. The Morgan fingerprint density at radius 1 is 1.38 bits per heavy atom. The van der Waals surface area contributed by atoms with Crippen LogP contribution in [0.1, 0.15) is 30.0 Å². The summed E-state index contributed by atoms with van der Waals surface area (Å²) in [5.74, 6) is 0.606. The molecule has 2 N–H and O–H groups in total. The fourth-order valence-corrected chi connectivity index (χ4v) is 1.60. The summed E-state index contributed by atoms with van der Waals surface area (Å²) in [7, 11) is 0. The minimum Gasteiger partial charge on any atom is -0.324 e. The fourth-order valence-electron chi connectivity index (χ4n) is 1.60. The molecule has 0 amide bonds. The molecule has 1 aromatic carbocycles. The van der Waals surface area contributed by atoms with Crippen molar-refractivity contribution < 1.29 is 0 Å². The van der Waals surface area contributed by atoms with Gasteiger partial charge in [-0.3, -0.25) is 0 Å². The Balaban J connectivity index is 2.32.